The molecule has 7 nitrogen and oxygen atoms in total. The zero-order valence-corrected chi connectivity index (χ0v) is 17.7. The second kappa shape index (κ2) is 9.58. The highest BCUT2D eigenvalue weighted by atomic mass is 32.1. The fourth-order valence-electron chi connectivity index (χ4n) is 3.27. The average molecular weight is 425 g/mol. The monoisotopic (exact) mass is 424 g/mol. The van der Waals surface area contributed by atoms with Gasteiger partial charge in [0, 0.05) is 26.2 Å². The Hall–Kier alpha value is -3.13. The molecule has 0 aliphatic carbocycles. The van der Waals surface area contributed by atoms with Crippen LogP contribution in [-0.4, -0.2) is 60.4 Å². The molecule has 0 bridgehead atoms. The maximum Gasteiger partial charge on any atom is 0.260 e. The predicted molar refractivity (Wildman–Crippen MR) is 117 cm³/mol. The van der Waals surface area contributed by atoms with Gasteiger partial charge in [-0.15, -0.1) is 21.5 Å². The second-order valence-electron chi connectivity index (χ2n) is 6.82. The van der Waals surface area contributed by atoms with Crippen LogP contribution in [0.2, 0.25) is 0 Å². The summed E-state index contributed by atoms with van der Waals surface area (Å²) in [6, 6.07) is 15.3. The molecule has 2 aromatic heterocycles. The van der Waals surface area contributed by atoms with Gasteiger partial charge >= 0.3 is 0 Å². The van der Waals surface area contributed by atoms with Gasteiger partial charge in [0.05, 0.1) is 11.5 Å². The van der Waals surface area contributed by atoms with Crippen molar-refractivity contribution in [1.82, 2.24) is 15.1 Å². The van der Waals surface area contributed by atoms with E-state index in [2.05, 4.69) is 15.1 Å². The number of piperazine rings is 1. The Morgan fingerprint density at radius 3 is 2.30 bits per heavy atom. The van der Waals surface area contributed by atoms with Gasteiger partial charge in [0.1, 0.15) is 17.2 Å². The van der Waals surface area contributed by atoms with Gasteiger partial charge in [0.25, 0.3) is 5.91 Å². The van der Waals surface area contributed by atoms with Crippen molar-refractivity contribution in [3.05, 3.63) is 53.9 Å². The molecule has 4 rings (SSSR count). The number of aromatic nitrogens is 2. The second-order valence-corrected chi connectivity index (χ2v) is 7.76. The third kappa shape index (κ3) is 4.88. The Labute approximate surface area is 179 Å². The van der Waals surface area contributed by atoms with Crippen molar-refractivity contribution in [2.75, 3.05) is 44.3 Å². The number of anilines is 1. The number of benzene rings is 1. The van der Waals surface area contributed by atoms with E-state index in [9.17, 15) is 4.79 Å². The van der Waals surface area contributed by atoms with Crippen LogP contribution in [0.4, 0.5) is 5.82 Å². The average Bonchev–Trinajstić information content (AvgIpc) is 3.34. The maximum atomic E-state index is 12.5. The summed E-state index contributed by atoms with van der Waals surface area (Å²) in [4.78, 5) is 17.6. The number of amides is 1. The highest BCUT2D eigenvalue weighted by molar-refractivity contribution is 7.13. The third-order valence-corrected chi connectivity index (χ3v) is 5.77. The number of rotatable bonds is 7. The Bertz CT molecular complexity index is 938. The molecule has 1 amide bonds. The lowest BCUT2D eigenvalue weighted by molar-refractivity contribution is -0.133. The number of hydrogen-bond acceptors (Lipinski definition) is 7. The first-order valence-electron chi connectivity index (χ1n) is 9.99. The molecule has 3 heterocycles. The molecule has 1 fully saturated rings. The number of nitrogens with zero attached hydrogens (tertiary/aromatic N) is 4. The fraction of sp³-hybridized carbons (Fsp3) is 0.318. The summed E-state index contributed by atoms with van der Waals surface area (Å²) in [6.45, 7) is 5.32. The van der Waals surface area contributed by atoms with Crippen molar-refractivity contribution in [2.45, 2.75) is 6.92 Å². The van der Waals surface area contributed by atoms with Crippen LogP contribution in [0.3, 0.4) is 0 Å². The van der Waals surface area contributed by atoms with Crippen LogP contribution in [0.15, 0.2) is 53.9 Å². The first-order valence-corrected chi connectivity index (χ1v) is 10.9. The van der Waals surface area contributed by atoms with E-state index in [-0.39, 0.29) is 12.5 Å². The van der Waals surface area contributed by atoms with Crippen molar-refractivity contribution in [2.24, 2.45) is 0 Å². The van der Waals surface area contributed by atoms with Crippen LogP contribution >= 0.6 is 11.3 Å². The highest BCUT2D eigenvalue weighted by Crippen LogP contribution is 2.23. The van der Waals surface area contributed by atoms with Gasteiger partial charge in [-0.2, -0.15) is 0 Å². The van der Waals surface area contributed by atoms with Crippen molar-refractivity contribution >= 4 is 23.1 Å². The van der Waals surface area contributed by atoms with Crippen molar-refractivity contribution < 1.29 is 14.3 Å². The standard InChI is InChI=1S/C22H24N4O3S/c1-2-28-17-5-7-18(8-6-17)29-16-22(27)26-13-11-25(12-14-26)21-10-9-19(23-24-21)20-4-3-15-30-20/h3-10,15H,2,11-14,16H2,1H3. The molecule has 0 spiro atoms. The number of ether oxygens (including phenoxy) is 2. The molecular formula is C22H24N4O3S. The zero-order valence-electron chi connectivity index (χ0n) is 16.9. The molecule has 156 valence electrons. The Morgan fingerprint density at radius 2 is 1.70 bits per heavy atom. The van der Waals surface area contributed by atoms with E-state index < -0.39 is 0 Å². The number of carbonyl (C=O) groups excluding carboxylic acids is 1. The Kier molecular flexibility index (Phi) is 6.44. The lowest BCUT2D eigenvalue weighted by atomic mass is 10.3. The first kappa shape index (κ1) is 20.2. The predicted octanol–water partition coefficient (Wildman–Crippen LogP) is 3.33. The third-order valence-electron chi connectivity index (χ3n) is 4.88. The van der Waals surface area contributed by atoms with Gasteiger partial charge in [-0.3, -0.25) is 4.79 Å². The van der Waals surface area contributed by atoms with Gasteiger partial charge in [-0.05, 0) is 54.8 Å². The van der Waals surface area contributed by atoms with Crippen molar-refractivity contribution in [1.29, 1.82) is 0 Å². The molecule has 1 aliphatic rings. The summed E-state index contributed by atoms with van der Waals surface area (Å²) in [5.41, 5.74) is 0.883. The summed E-state index contributed by atoms with van der Waals surface area (Å²) in [7, 11) is 0. The fourth-order valence-corrected chi connectivity index (χ4v) is 3.96. The first-order chi connectivity index (χ1) is 14.7. The van der Waals surface area contributed by atoms with E-state index in [4.69, 9.17) is 9.47 Å². The van der Waals surface area contributed by atoms with Crippen LogP contribution in [0.25, 0.3) is 10.6 Å². The minimum atomic E-state index is -0.0114. The van der Waals surface area contributed by atoms with Gasteiger partial charge in [-0.1, -0.05) is 6.07 Å². The minimum absolute atomic E-state index is 0.0114. The van der Waals surface area contributed by atoms with Crippen molar-refractivity contribution in [3.8, 4) is 22.1 Å². The van der Waals surface area contributed by atoms with Crippen LogP contribution in [-0.2, 0) is 4.79 Å². The van der Waals surface area contributed by atoms with E-state index in [0.29, 0.717) is 25.4 Å². The quantitative estimate of drug-likeness (QED) is 0.580. The maximum absolute atomic E-state index is 12.5. The van der Waals surface area contributed by atoms with Gasteiger partial charge in [0.2, 0.25) is 0 Å². The smallest absolute Gasteiger partial charge is 0.260 e. The topological polar surface area (TPSA) is 67.8 Å². The minimum Gasteiger partial charge on any atom is -0.494 e. The summed E-state index contributed by atoms with van der Waals surface area (Å²) in [5.74, 6) is 2.28. The summed E-state index contributed by atoms with van der Waals surface area (Å²) >= 11 is 1.65. The normalized spacial score (nSPS) is 13.9. The molecule has 8 heteroatoms. The van der Waals surface area contributed by atoms with Gasteiger partial charge in [-0.25, -0.2) is 0 Å². The van der Waals surface area contributed by atoms with E-state index in [1.54, 1.807) is 11.3 Å². The lowest BCUT2D eigenvalue weighted by Gasteiger charge is -2.35. The SMILES string of the molecule is CCOc1ccc(OCC(=O)N2CCN(c3ccc(-c4cccs4)nn3)CC2)cc1. The Morgan fingerprint density at radius 1 is 0.967 bits per heavy atom. The summed E-state index contributed by atoms with van der Waals surface area (Å²) in [6.07, 6.45) is 0. The molecular weight excluding hydrogens is 400 g/mol. The molecule has 1 saturated heterocycles. The number of carbonyl (C=O) groups is 1. The van der Waals surface area contributed by atoms with Crippen LogP contribution in [0.1, 0.15) is 6.92 Å². The largest absolute Gasteiger partial charge is 0.494 e. The van der Waals surface area contributed by atoms with Crippen LogP contribution in [0, 0.1) is 0 Å². The van der Waals surface area contributed by atoms with Crippen molar-refractivity contribution in [3.63, 3.8) is 0 Å². The molecule has 0 N–H and O–H groups in total. The Balaban J connectivity index is 1.25. The summed E-state index contributed by atoms with van der Waals surface area (Å²) in [5, 5.41) is 10.7. The molecule has 0 unspecified atom stereocenters. The van der Waals surface area contributed by atoms with Crippen LogP contribution < -0.4 is 14.4 Å². The van der Waals surface area contributed by atoms with E-state index in [1.807, 2.05) is 65.7 Å². The molecule has 0 radical (unpaired) electrons. The molecule has 0 atom stereocenters. The lowest BCUT2D eigenvalue weighted by Crippen LogP contribution is -2.50. The van der Waals surface area contributed by atoms with Crippen LogP contribution in [0.5, 0.6) is 11.5 Å². The van der Waals surface area contributed by atoms with E-state index >= 15 is 0 Å². The zero-order chi connectivity index (χ0) is 20.8. The molecule has 3 aromatic rings. The van der Waals surface area contributed by atoms with E-state index in [1.165, 1.54) is 0 Å². The van der Waals surface area contributed by atoms with Gasteiger partial charge < -0.3 is 19.3 Å². The van der Waals surface area contributed by atoms with Gasteiger partial charge in [0.15, 0.2) is 12.4 Å². The number of thiophene rings is 1. The molecule has 0 saturated carbocycles. The number of hydrogen-bond donors (Lipinski definition) is 0. The highest BCUT2D eigenvalue weighted by Gasteiger charge is 2.22. The summed E-state index contributed by atoms with van der Waals surface area (Å²) < 4.78 is 11.0. The molecule has 1 aliphatic heterocycles. The van der Waals surface area contributed by atoms with E-state index in [0.717, 1.165) is 35.2 Å². The molecule has 1 aromatic carbocycles. The molecule has 30 heavy (non-hydrogen) atoms.